The van der Waals surface area contributed by atoms with Crippen LogP contribution in [0.5, 0.6) is 0 Å². The summed E-state index contributed by atoms with van der Waals surface area (Å²) in [6.45, 7) is 15.1. The molecular formula is C50H76N10O12. The predicted molar refractivity (Wildman–Crippen MR) is 269 cm³/mol. The molecule has 1 aliphatic heterocycles. The molecule has 2 unspecified atom stereocenters. The summed E-state index contributed by atoms with van der Waals surface area (Å²) in [5, 5.41) is 35.6. The molecule has 22 nitrogen and oxygen atoms in total. The lowest BCUT2D eigenvalue weighted by molar-refractivity contribution is -0.146. The number of ether oxygens (including phenoxy) is 1. The monoisotopic (exact) mass is 1010 g/mol. The molecule has 1 aromatic carbocycles. The van der Waals surface area contributed by atoms with Gasteiger partial charge in [0.15, 0.2) is 5.96 Å². The van der Waals surface area contributed by atoms with E-state index in [2.05, 4.69) is 43.5 Å². The van der Waals surface area contributed by atoms with E-state index in [1.54, 1.807) is 27.0 Å². The highest BCUT2D eigenvalue weighted by molar-refractivity contribution is 6.00. The Kier molecular flexibility index (Phi) is 25.4. The zero-order chi connectivity index (χ0) is 54.4. The molecule has 72 heavy (non-hydrogen) atoms. The number of hydrogen-bond acceptors (Lipinski definition) is 11. The van der Waals surface area contributed by atoms with Crippen molar-refractivity contribution in [3.63, 3.8) is 0 Å². The third-order valence-electron chi connectivity index (χ3n) is 12.6. The van der Waals surface area contributed by atoms with E-state index in [9.17, 15) is 53.4 Å². The van der Waals surface area contributed by atoms with E-state index in [1.165, 1.54) is 33.9 Å². The third kappa shape index (κ3) is 20.0. The summed E-state index contributed by atoms with van der Waals surface area (Å²) in [4.78, 5) is 126. The van der Waals surface area contributed by atoms with Gasteiger partial charge >= 0.3 is 11.9 Å². The molecule has 0 aromatic heterocycles. The van der Waals surface area contributed by atoms with Gasteiger partial charge in [-0.1, -0.05) is 102 Å². The van der Waals surface area contributed by atoms with Crippen molar-refractivity contribution in [2.75, 3.05) is 20.7 Å². The van der Waals surface area contributed by atoms with Crippen molar-refractivity contribution < 1.29 is 58.1 Å². The largest absolute Gasteiger partial charge is 0.480 e. The molecular weight excluding hydrogens is 933 g/mol. The summed E-state index contributed by atoms with van der Waals surface area (Å²) in [5.74, 6) is -12.5. The van der Waals surface area contributed by atoms with Crippen molar-refractivity contribution in [1.29, 1.82) is 0 Å². The van der Waals surface area contributed by atoms with Crippen molar-refractivity contribution in [3.8, 4) is 0 Å². The van der Waals surface area contributed by atoms with E-state index < -0.39 is 120 Å². The maximum absolute atomic E-state index is 14.4. The second-order valence-electron chi connectivity index (χ2n) is 18.4. The Morgan fingerprint density at radius 3 is 2.06 bits per heavy atom. The van der Waals surface area contributed by atoms with Crippen LogP contribution < -0.4 is 43.4 Å². The van der Waals surface area contributed by atoms with Crippen LogP contribution in [0.3, 0.4) is 0 Å². The zero-order valence-corrected chi connectivity index (χ0v) is 42.9. The standard InChI is InChI=1S/C50H76N10O12/c1-11-27(2)25-38-47(67)59-41(49(70)71)31(6)43(63)56-36(18-15-23-53-50(51)52)46(66)55-35(20-19-28(3)24-29(4)39(72-10)26-34-16-13-12-14-17-34)30(5)42(62)57-37(48(68)69)21-22-40(61)60(9)33(8)45(65)54-32(7)44(64)58-38/h12-14,16-17,19-20,24,27,29-32,35-39,41H,8,11,15,18,21-23,25-26H2,1-7,9-10H3,(H,54,65)(H,55,66)(H,56,63)(H,57,62)(H,58,64)(H,59,67)(H,68,69)(H,70,71)(H4,51,52,53)/b20-19+,28-24+/t27-,29-,30-,31-,32+,35?,36-,37+,38-,39-,41?/m0/s1. The minimum Gasteiger partial charge on any atom is -0.480 e. The quantitative estimate of drug-likeness (QED) is 0.0364. The van der Waals surface area contributed by atoms with E-state index >= 15 is 0 Å². The normalized spacial score (nSPS) is 25.5. The number of benzene rings is 1. The number of rotatable bonds is 16. The molecule has 1 saturated heterocycles. The number of guanidine groups is 1. The molecule has 0 saturated carbocycles. The van der Waals surface area contributed by atoms with Crippen molar-refractivity contribution in [2.24, 2.45) is 40.1 Å². The van der Waals surface area contributed by atoms with Crippen LogP contribution in [0.1, 0.15) is 92.6 Å². The molecule has 1 heterocycles. The lowest BCUT2D eigenvalue weighted by Crippen LogP contribution is -2.59. The highest BCUT2D eigenvalue weighted by Gasteiger charge is 2.37. The van der Waals surface area contributed by atoms with Gasteiger partial charge in [-0.2, -0.15) is 0 Å². The Labute approximate surface area is 421 Å². The molecule has 11 atom stereocenters. The predicted octanol–water partition coefficient (Wildman–Crippen LogP) is 1.01. The van der Waals surface area contributed by atoms with E-state index in [1.807, 2.05) is 50.3 Å². The number of hydrogen-bond donors (Lipinski definition) is 10. The highest BCUT2D eigenvalue weighted by atomic mass is 16.5. The van der Waals surface area contributed by atoms with Crippen LogP contribution in [0.25, 0.3) is 0 Å². The second-order valence-corrected chi connectivity index (χ2v) is 18.4. The summed E-state index contributed by atoms with van der Waals surface area (Å²) in [5.41, 5.74) is 12.4. The van der Waals surface area contributed by atoms with Gasteiger partial charge in [0, 0.05) is 33.0 Å². The molecule has 1 aliphatic rings. The fraction of sp³-hybridized carbons (Fsp3) is 0.560. The Morgan fingerprint density at radius 1 is 0.861 bits per heavy atom. The maximum Gasteiger partial charge on any atom is 0.327 e. The SMILES string of the molecule is C=C1C(=O)N[C@H](C)C(=O)N[C@@H](C[C@@H](C)CC)C(=O)NC(C(=O)O)[C@H](C)C(=O)N[C@@H](CCCN=C(N)N)C(=O)NC(/C=C/C(C)=C/[C@H](C)[C@H](Cc2ccccc2)OC)[C@H](C)C(=O)N[C@@H](C(=O)O)CCC(=O)N1C. The van der Waals surface area contributed by atoms with E-state index in [0.717, 1.165) is 10.5 Å². The van der Waals surface area contributed by atoms with Crippen molar-refractivity contribution in [3.05, 3.63) is 72.0 Å². The fourth-order valence-electron chi connectivity index (χ4n) is 7.55. The van der Waals surface area contributed by atoms with Crippen LogP contribution in [-0.4, -0.2) is 137 Å². The number of carbonyl (C=O) groups is 9. The molecule has 398 valence electrons. The van der Waals surface area contributed by atoms with Gasteiger partial charge in [-0.05, 0) is 57.4 Å². The van der Waals surface area contributed by atoms with Gasteiger partial charge in [0.1, 0.15) is 35.9 Å². The summed E-state index contributed by atoms with van der Waals surface area (Å²) in [6, 6.07) is 1.01. The molecule has 22 heteroatoms. The number of likely N-dealkylation sites (N-methyl/N-ethyl adjacent to an activating group) is 1. The molecule has 1 fully saturated rings. The number of nitrogens with zero attached hydrogens (tertiary/aromatic N) is 2. The average molecular weight is 1010 g/mol. The number of nitrogens with one attached hydrogen (secondary N) is 6. The number of aliphatic carboxylic acids is 2. The van der Waals surface area contributed by atoms with Gasteiger partial charge in [0.25, 0.3) is 5.91 Å². The summed E-state index contributed by atoms with van der Waals surface area (Å²) >= 11 is 0. The van der Waals surface area contributed by atoms with Crippen LogP contribution in [0.2, 0.25) is 0 Å². The lowest BCUT2D eigenvalue weighted by Gasteiger charge is -2.29. The van der Waals surface area contributed by atoms with Crippen molar-refractivity contribution in [1.82, 2.24) is 36.8 Å². The van der Waals surface area contributed by atoms with Crippen LogP contribution >= 0.6 is 0 Å². The molecule has 12 N–H and O–H groups in total. The van der Waals surface area contributed by atoms with E-state index in [-0.39, 0.29) is 49.7 Å². The Morgan fingerprint density at radius 2 is 1.47 bits per heavy atom. The smallest absolute Gasteiger partial charge is 0.327 e. The third-order valence-corrected chi connectivity index (χ3v) is 12.6. The number of carboxylic acid groups (broad SMARTS) is 2. The number of allylic oxidation sites excluding steroid dienone is 2. The Balaban J connectivity index is 2.74. The van der Waals surface area contributed by atoms with Gasteiger partial charge in [0.05, 0.1) is 24.0 Å². The first kappa shape index (κ1) is 61.0. The first-order chi connectivity index (χ1) is 33.8. The Bertz CT molecular complexity index is 2180. The lowest BCUT2D eigenvalue weighted by atomic mass is 9.94. The average Bonchev–Trinajstić information content (AvgIpc) is 3.33. The van der Waals surface area contributed by atoms with Crippen molar-refractivity contribution >= 4 is 59.2 Å². The van der Waals surface area contributed by atoms with Gasteiger partial charge < -0.3 is 63.2 Å². The molecule has 0 aliphatic carbocycles. The first-order valence-corrected chi connectivity index (χ1v) is 24.0. The number of aliphatic imine (C=N–C) groups is 1. The molecule has 0 spiro atoms. The Hall–Kier alpha value is -7.10. The number of carbonyl (C=O) groups excluding carboxylic acids is 7. The van der Waals surface area contributed by atoms with Gasteiger partial charge in [-0.3, -0.25) is 38.6 Å². The molecule has 1 aromatic rings. The topological polar surface area (TPSA) is 343 Å². The first-order valence-electron chi connectivity index (χ1n) is 24.0. The fourth-order valence-corrected chi connectivity index (χ4v) is 7.55. The summed E-state index contributed by atoms with van der Waals surface area (Å²) in [7, 11) is 2.83. The summed E-state index contributed by atoms with van der Waals surface area (Å²) < 4.78 is 5.82. The van der Waals surface area contributed by atoms with Crippen molar-refractivity contribution in [2.45, 2.75) is 136 Å². The van der Waals surface area contributed by atoms with Crippen LogP contribution in [0.15, 0.2) is 71.4 Å². The number of amides is 7. The van der Waals surface area contributed by atoms with Crippen LogP contribution in [0, 0.1) is 23.7 Å². The minimum absolute atomic E-state index is 0.0248. The second kappa shape index (κ2) is 29.9. The number of carboxylic acids is 2. The molecule has 0 radical (unpaired) electrons. The zero-order valence-electron chi connectivity index (χ0n) is 42.9. The van der Waals surface area contributed by atoms with Crippen LogP contribution in [-0.2, 0) is 54.3 Å². The van der Waals surface area contributed by atoms with Gasteiger partial charge in [-0.25, -0.2) is 9.59 Å². The van der Waals surface area contributed by atoms with Crippen LogP contribution in [0.4, 0.5) is 0 Å². The van der Waals surface area contributed by atoms with E-state index in [4.69, 9.17) is 16.2 Å². The number of nitrogens with two attached hydrogens (primary N) is 2. The van der Waals surface area contributed by atoms with Gasteiger partial charge in [0.2, 0.25) is 35.4 Å². The number of methoxy groups -OCH3 is 1. The summed E-state index contributed by atoms with van der Waals surface area (Å²) in [6.07, 6.45) is 5.23. The highest BCUT2D eigenvalue weighted by Crippen LogP contribution is 2.19. The molecule has 7 amide bonds. The minimum atomic E-state index is -1.88. The van der Waals surface area contributed by atoms with Gasteiger partial charge in [-0.15, -0.1) is 0 Å². The molecule has 2 rings (SSSR count). The molecule has 0 bridgehead atoms. The van der Waals surface area contributed by atoms with E-state index in [0.29, 0.717) is 18.4 Å². The maximum atomic E-state index is 14.4.